The van der Waals surface area contributed by atoms with E-state index in [1.54, 1.807) is 54.9 Å². The summed E-state index contributed by atoms with van der Waals surface area (Å²) >= 11 is 0. The molecule has 0 bridgehead atoms. The second-order valence-corrected chi connectivity index (χ2v) is 6.85. The maximum Gasteiger partial charge on any atom is 0.296 e. The lowest BCUT2D eigenvalue weighted by Gasteiger charge is -2.24. The van der Waals surface area contributed by atoms with Gasteiger partial charge < -0.3 is 23.9 Å². The standard InChI is InChI=1S/C22H16N2O6/c25-20(14-3-4-16-17(10-14)30-12-29-16)18-19(13-5-7-23-8-6-13)24(22(27)21(18)26)11-15-2-1-9-28-15/h1-10,19,25H,11-12H2/b20-18-. The van der Waals surface area contributed by atoms with Gasteiger partial charge in [-0.1, -0.05) is 0 Å². The number of ketones is 1. The van der Waals surface area contributed by atoms with Gasteiger partial charge in [0.25, 0.3) is 11.7 Å². The third kappa shape index (κ3) is 2.89. The zero-order chi connectivity index (χ0) is 20.7. The molecule has 30 heavy (non-hydrogen) atoms. The van der Waals surface area contributed by atoms with E-state index < -0.39 is 17.7 Å². The summed E-state index contributed by atoms with van der Waals surface area (Å²) in [6, 6.07) is 10.9. The number of aliphatic hydroxyl groups excluding tert-OH is 1. The molecule has 3 aromatic rings. The zero-order valence-electron chi connectivity index (χ0n) is 15.6. The highest BCUT2D eigenvalue weighted by atomic mass is 16.7. The van der Waals surface area contributed by atoms with Gasteiger partial charge in [0.05, 0.1) is 24.4 Å². The molecule has 8 nitrogen and oxygen atoms in total. The molecule has 1 saturated heterocycles. The number of amides is 1. The van der Waals surface area contributed by atoms with Crippen molar-refractivity contribution < 1.29 is 28.6 Å². The molecule has 1 fully saturated rings. The molecule has 0 radical (unpaired) electrons. The van der Waals surface area contributed by atoms with Crippen LogP contribution in [0.2, 0.25) is 0 Å². The van der Waals surface area contributed by atoms with E-state index >= 15 is 0 Å². The van der Waals surface area contributed by atoms with Crippen LogP contribution in [0.1, 0.15) is 22.9 Å². The number of benzene rings is 1. The lowest BCUT2D eigenvalue weighted by atomic mass is 9.96. The maximum absolute atomic E-state index is 13.0. The predicted octanol–water partition coefficient (Wildman–Crippen LogP) is 3.03. The van der Waals surface area contributed by atoms with Crippen LogP contribution in [0.3, 0.4) is 0 Å². The van der Waals surface area contributed by atoms with Gasteiger partial charge in [0.1, 0.15) is 11.5 Å². The molecule has 1 unspecified atom stereocenters. The second-order valence-electron chi connectivity index (χ2n) is 6.85. The van der Waals surface area contributed by atoms with Gasteiger partial charge in [-0.2, -0.15) is 0 Å². The van der Waals surface area contributed by atoms with Gasteiger partial charge in [-0.3, -0.25) is 14.6 Å². The van der Waals surface area contributed by atoms with E-state index in [1.165, 1.54) is 11.2 Å². The third-order valence-electron chi connectivity index (χ3n) is 5.11. The highest BCUT2D eigenvalue weighted by Crippen LogP contribution is 2.41. The van der Waals surface area contributed by atoms with E-state index in [2.05, 4.69) is 4.98 Å². The van der Waals surface area contributed by atoms with Gasteiger partial charge in [-0.05, 0) is 48.0 Å². The fourth-order valence-electron chi connectivity index (χ4n) is 3.71. The monoisotopic (exact) mass is 404 g/mol. The second kappa shape index (κ2) is 7.07. The number of fused-ring (bicyclic) bond motifs is 1. The van der Waals surface area contributed by atoms with Crippen LogP contribution >= 0.6 is 0 Å². The van der Waals surface area contributed by atoms with Crippen molar-refractivity contribution in [1.29, 1.82) is 0 Å². The Hall–Kier alpha value is -4.07. The fourth-order valence-corrected chi connectivity index (χ4v) is 3.71. The molecule has 1 N–H and O–H groups in total. The molecule has 5 rings (SSSR count). The van der Waals surface area contributed by atoms with E-state index in [1.807, 2.05) is 0 Å². The summed E-state index contributed by atoms with van der Waals surface area (Å²) in [5.41, 5.74) is 1.00. The summed E-state index contributed by atoms with van der Waals surface area (Å²) in [5.74, 6) is -0.219. The predicted molar refractivity (Wildman–Crippen MR) is 103 cm³/mol. The molecule has 2 aromatic heterocycles. The number of carbonyl (C=O) groups excluding carboxylic acids is 2. The van der Waals surface area contributed by atoms with Gasteiger partial charge in [-0.15, -0.1) is 0 Å². The summed E-state index contributed by atoms with van der Waals surface area (Å²) in [7, 11) is 0. The molecule has 0 saturated carbocycles. The number of likely N-dealkylation sites (tertiary alicyclic amines) is 1. The number of carbonyl (C=O) groups is 2. The molecular weight excluding hydrogens is 388 g/mol. The molecule has 150 valence electrons. The highest BCUT2D eigenvalue weighted by molar-refractivity contribution is 6.46. The molecule has 2 aliphatic heterocycles. The minimum Gasteiger partial charge on any atom is -0.507 e. The fraction of sp³-hybridized carbons (Fsp3) is 0.136. The molecule has 1 aromatic carbocycles. The van der Waals surface area contributed by atoms with E-state index in [0.29, 0.717) is 28.4 Å². The van der Waals surface area contributed by atoms with Crippen LogP contribution < -0.4 is 9.47 Å². The number of Topliss-reactive ketones (excluding diaryl/α,β-unsaturated/α-hetero) is 1. The van der Waals surface area contributed by atoms with Crippen molar-refractivity contribution >= 4 is 17.4 Å². The minimum absolute atomic E-state index is 0.00313. The summed E-state index contributed by atoms with van der Waals surface area (Å²) in [6.45, 7) is 0.173. The normalized spacial score (nSPS) is 19.5. The van der Waals surface area contributed by atoms with Crippen LogP contribution in [0.25, 0.3) is 5.76 Å². The van der Waals surface area contributed by atoms with E-state index in [9.17, 15) is 14.7 Å². The highest BCUT2D eigenvalue weighted by Gasteiger charge is 2.46. The van der Waals surface area contributed by atoms with E-state index in [4.69, 9.17) is 13.9 Å². The first kappa shape index (κ1) is 18.0. The average molecular weight is 404 g/mol. The Morgan fingerprint density at radius 2 is 1.90 bits per heavy atom. The van der Waals surface area contributed by atoms with Crippen LogP contribution in [0.15, 0.2) is 71.1 Å². The van der Waals surface area contributed by atoms with Crippen molar-refractivity contribution in [3.05, 3.63) is 83.6 Å². The van der Waals surface area contributed by atoms with Crippen LogP contribution in [0, 0.1) is 0 Å². The topological polar surface area (TPSA) is 102 Å². The Kier molecular flexibility index (Phi) is 4.24. The van der Waals surface area contributed by atoms with Crippen molar-refractivity contribution in [3.63, 3.8) is 0 Å². The van der Waals surface area contributed by atoms with Crippen LogP contribution in [0.5, 0.6) is 11.5 Å². The van der Waals surface area contributed by atoms with Crippen LogP contribution in [-0.2, 0) is 16.1 Å². The largest absolute Gasteiger partial charge is 0.507 e. The van der Waals surface area contributed by atoms with Crippen molar-refractivity contribution in [2.24, 2.45) is 0 Å². The molecule has 0 aliphatic carbocycles. The number of nitrogens with zero attached hydrogens (tertiary/aromatic N) is 2. The number of aromatic nitrogens is 1. The van der Waals surface area contributed by atoms with Crippen molar-refractivity contribution in [2.45, 2.75) is 12.6 Å². The molecule has 8 heteroatoms. The van der Waals surface area contributed by atoms with Gasteiger partial charge in [0, 0.05) is 18.0 Å². The van der Waals surface area contributed by atoms with Crippen molar-refractivity contribution in [2.75, 3.05) is 6.79 Å². The summed E-state index contributed by atoms with van der Waals surface area (Å²) in [5, 5.41) is 11.1. The summed E-state index contributed by atoms with van der Waals surface area (Å²) in [4.78, 5) is 31.2. The first-order valence-electron chi connectivity index (χ1n) is 9.24. The lowest BCUT2D eigenvalue weighted by molar-refractivity contribution is -0.140. The maximum atomic E-state index is 13.0. The Morgan fingerprint density at radius 3 is 2.67 bits per heavy atom. The molecule has 1 atom stereocenters. The average Bonchev–Trinajstić information content (AvgIpc) is 3.50. The number of ether oxygens (including phenoxy) is 2. The number of rotatable bonds is 4. The zero-order valence-corrected chi connectivity index (χ0v) is 15.6. The quantitative estimate of drug-likeness (QED) is 0.405. The summed E-state index contributed by atoms with van der Waals surface area (Å²) < 4.78 is 16.0. The first-order valence-corrected chi connectivity index (χ1v) is 9.24. The smallest absolute Gasteiger partial charge is 0.296 e. The molecule has 0 spiro atoms. The number of pyridine rings is 1. The van der Waals surface area contributed by atoms with Gasteiger partial charge >= 0.3 is 0 Å². The molecule has 4 heterocycles. The lowest BCUT2D eigenvalue weighted by Crippen LogP contribution is -2.29. The number of furan rings is 1. The summed E-state index contributed by atoms with van der Waals surface area (Å²) in [6.07, 6.45) is 4.64. The Morgan fingerprint density at radius 1 is 1.10 bits per heavy atom. The third-order valence-corrected chi connectivity index (χ3v) is 5.11. The molecule has 1 amide bonds. The number of hydrogen-bond acceptors (Lipinski definition) is 7. The number of aliphatic hydroxyl groups is 1. The van der Waals surface area contributed by atoms with E-state index in [0.717, 1.165) is 0 Å². The van der Waals surface area contributed by atoms with Crippen LogP contribution in [-0.4, -0.2) is 33.5 Å². The van der Waals surface area contributed by atoms with Gasteiger partial charge in [0.15, 0.2) is 11.5 Å². The molecular formula is C22H16N2O6. The Bertz CT molecular complexity index is 1150. The SMILES string of the molecule is O=C1C(=O)N(Cc2ccco2)C(c2ccncc2)/C1=C(/O)c1ccc2c(c1)OCO2. The molecule has 2 aliphatic rings. The Labute approximate surface area is 171 Å². The minimum atomic E-state index is -0.788. The number of hydrogen-bond donors (Lipinski definition) is 1. The van der Waals surface area contributed by atoms with Gasteiger partial charge in [-0.25, -0.2) is 0 Å². The van der Waals surface area contributed by atoms with Gasteiger partial charge in [0.2, 0.25) is 6.79 Å². The van der Waals surface area contributed by atoms with E-state index in [-0.39, 0.29) is 24.7 Å². The van der Waals surface area contributed by atoms with Crippen molar-refractivity contribution in [3.8, 4) is 11.5 Å². The van der Waals surface area contributed by atoms with Crippen molar-refractivity contribution in [1.82, 2.24) is 9.88 Å². The van der Waals surface area contributed by atoms with Crippen LogP contribution in [0.4, 0.5) is 0 Å². The Balaban J connectivity index is 1.64. The first-order chi connectivity index (χ1) is 14.6.